The molecule has 0 saturated heterocycles. The lowest BCUT2D eigenvalue weighted by molar-refractivity contribution is -0.131. The first kappa shape index (κ1) is 15.7. The third-order valence-electron chi connectivity index (χ3n) is 3.49. The van der Waals surface area contributed by atoms with Crippen LogP contribution in [0.1, 0.15) is 4.88 Å². The maximum atomic E-state index is 12.4. The van der Waals surface area contributed by atoms with E-state index in [-0.39, 0.29) is 18.0 Å². The van der Waals surface area contributed by atoms with Crippen molar-refractivity contribution in [3.63, 3.8) is 0 Å². The van der Waals surface area contributed by atoms with Gasteiger partial charge in [-0.2, -0.15) is 5.10 Å². The summed E-state index contributed by atoms with van der Waals surface area (Å²) in [4.78, 5) is 27.2. The highest BCUT2D eigenvalue weighted by Gasteiger charge is 2.13. The van der Waals surface area contributed by atoms with Crippen molar-refractivity contribution < 1.29 is 4.79 Å². The summed E-state index contributed by atoms with van der Waals surface area (Å²) in [6.07, 6.45) is 1.60. The number of carbonyl (C=O) groups is 1. The van der Waals surface area contributed by atoms with Gasteiger partial charge in [-0.1, -0.05) is 29.8 Å². The highest BCUT2D eigenvalue weighted by atomic mass is 35.5. The van der Waals surface area contributed by atoms with Crippen molar-refractivity contribution in [1.29, 1.82) is 0 Å². The summed E-state index contributed by atoms with van der Waals surface area (Å²) in [5.74, 6) is -0.181. The van der Waals surface area contributed by atoms with Gasteiger partial charge in [0.2, 0.25) is 5.91 Å². The van der Waals surface area contributed by atoms with E-state index in [1.54, 1.807) is 36.3 Å². The van der Waals surface area contributed by atoms with Crippen LogP contribution in [0, 0.1) is 0 Å². The molecule has 0 atom stereocenters. The smallest absolute Gasteiger partial charge is 0.275 e. The van der Waals surface area contributed by atoms with Crippen LogP contribution in [0.2, 0.25) is 4.34 Å². The van der Waals surface area contributed by atoms with Gasteiger partial charge in [0.1, 0.15) is 6.54 Å². The zero-order valence-electron chi connectivity index (χ0n) is 12.4. The monoisotopic (exact) mass is 347 g/mol. The first-order valence-electron chi connectivity index (χ1n) is 6.97. The topological polar surface area (TPSA) is 55.2 Å². The lowest BCUT2D eigenvalue weighted by atomic mass is 10.2. The quantitative estimate of drug-likeness (QED) is 0.729. The van der Waals surface area contributed by atoms with Gasteiger partial charge in [-0.05, 0) is 18.2 Å². The minimum atomic E-state index is -0.260. The van der Waals surface area contributed by atoms with Gasteiger partial charge in [0.05, 0.1) is 22.5 Å². The number of hydrogen-bond acceptors (Lipinski definition) is 4. The molecule has 2 heterocycles. The van der Waals surface area contributed by atoms with Gasteiger partial charge in [0, 0.05) is 17.3 Å². The Bertz CT molecular complexity index is 919. The fraction of sp³-hybridized carbons (Fsp3) is 0.188. The lowest BCUT2D eigenvalue weighted by Gasteiger charge is -2.16. The number of carbonyl (C=O) groups excluding carboxylic acids is 1. The van der Waals surface area contributed by atoms with E-state index in [2.05, 4.69) is 5.10 Å². The van der Waals surface area contributed by atoms with Crippen molar-refractivity contribution in [2.75, 3.05) is 7.05 Å². The molecule has 7 heteroatoms. The number of nitrogens with zero attached hydrogens (tertiary/aromatic N) is 3. The molecule has 0 unspecified atom stereocenters. The number of aromatic nitrogens is 2. The summed E-state index contributed by atoms with van der Waals surface area (Å²) in [5.41, 5.74) is -0.260. The fourth-order valence-electron chi connectivity index (χ4n) is 2.25. The van der Waals surface area contributed by atoms with Crippen molar-refractivity contribution in [1.82, 2.24) is 14.7 Å². The number of benzene rings is 1. The molecule has 3 aromatic rings. The molecule has 118 valence electrons. The van der Waals surface area contributed by atoms with Crippen LogP contribution in [-0.2, 0) is 17.9 Å². The molecule has 2 aromatic heterocycles. The van der Waals surface area contributed by atoms with Gasteiger partial charge in [-0.15, -0.1) is 11.3 Å². The third kappa shape index (κ3) is 3.43. The van der Waals surface area contributed by atoms with Crippen molar-refractivity contribution >= 4 is 39.6 Å². The first-order chi connectivity index (χ1) is 11.0. The van der Waals surface area contributed by atoms with Crippen LogP contribution in [0.25, 0.3) is 10.8 Å². The van der Waals surface area contributed by atoms with Crippen molar-refractivity contribution in [3.05, 3.63) is 62.2 Å². The molecule has 0 fully saturated rings. The maximum Gasteiger partial charge on any atom is 0.275 e. The Morgan fingerprint density at radius 3 is 2.83 bits per heavy atom. The van der Waals surface area contributed by atoms with Crippen molar-refractivity contribution in [2.45, 2.75) is 13.1 Å². The Kier molecular flexibility index (Phi) is 4.45. The Morgan fingerprint density at radius 2 is 2.09 bits per heavy atom. The molecule has 0 spiro atoms. The van der Waals surface area contributed by atoms with Gasteiger partial charge in [-0.25, -0.2) is 4.68 Å². The molecule has 3 rings (SSSR count). The normalized spacial score (nSPS) is 10.9. The summed E-state index contributed by atoms with van der Waals surface area (Å²) in [6, 6.07) is 10.9. The second-order valence-corrected chi connectivity index (χ2v) is 6.95. The zero-order chi connectivity index (χ0) is 16.4. The number of hydrogen-bond donors (Lipinski definition) is 0. The van der Waals surface area contributed by atoms with Crippen LogP contribution >= 0.6 is 22.9 Å². The van der Waals surface area contributed by atoms with Crippen LogP contribution in [0.3, 0.4) is 0 Å². The van der Waals surface area contributed by atoms with Gasteiger partial charge < -0.3 is 4.90 Å². The molecule has 1 amide bonds. The van der Waals surface area contributed by atoms with Crippen molar-refractivity contribution in [3.8, 4) is 0 Å². The molecule has 23 heavy (non-hydrogen) atoms. The largest absolute Gasteiger partial charge is 0.339 e. The average molecular weight is 348 g/mol. The number of thiophene rings is 1. The summed E-state index contributed by atoms with van der Waals surface area (Å²) in [6.45, 7) is 0.373. The molecule has 5 nitrogen and oxygen atoms in total. The number of fused-ring (bicyclic) bond motifs is 1. The Morgan fingerprint density at radius 1 is 1.30 bits per heavy atom. The molecule has 0 aliphatic rings. The van der Waals surface area contributed by atoms with Gasteiger partial charge >= 0.3 is 0 Å². The minimum Gasteiger partial charge on any atom is -0.339 e. The standard InChI is InChI=1S/C16H14ClN3O2S/c1-19(9-12-6-7-14(17)23-12)15(21)10-20-16(22)13-5-3-2-4-11(13)8-18-20/h2-8H,9-10H2,1H3. The lowest BCUT2D eigenvalue weighted by Crippen LogP contribution is -2.34. The molecule has 0 N–H and O–H groups in total. The van der Waals surface area contributed by atoms with Gasteiger partial charge in [0.25, 0.3) is 5.56 Å². The Balaban J connectivity index is 1.77. The average Bonchev–Trinajstić information content (AvgIpc) is 2.95. The number of rotatable bonds is 4. The predicted octanol–water partition coefficient (Wildman–Crippen LogP) is 2.77. The third-order valence-corrected chi connectivity index (χ3v) is 4.71. The van der Waals surface area contributed by atoms with E-state index in [4.69, 9.17) is 11.6 Å². The van der Waals surface area contributed by atoms with Crippen LogP contribution in [0.15, 0.2) is 47.4 Å². The minimum absolute atomic E-state index is 0.0841. The molecular weight excluding hydrogens is 334 g/mol. The number of halogens is 1. The molecule has 0 saturated carbocycles. The highest BCUT2D eigenvalue weighted by Crippen LogP contribution is 2.22. The van der Waals surface area contributed by atoms with Crippen LogP contribution < -0.4 is 5.56 Å². The van der Waals surface area contributed by atoms with E-state index in [1.807, 2.05) is 18.2 Å². The zero-order valence-corrected chi connectivity index (χ0v) is 14.0. The van der Waals surface area contributed by atoms with E-state index in [1.165, 1.54) is 16.0 Å². The SMILES string of the molecule is CN(Cc1ccc(Cl)s1)C(=O)Cn1ncc2ccccc2c1=O. The van der Waals surface area contributed by atoms with E-state index in [9.17, 15) is 9.59 Å². The van der Waals surface area contributed by atoms with E-state index in [0.29, 0.717) is 16.3 Å². The summed E-state index contributed by atoms with van der Waals surface area (Å²) in [7, 11) is 1.70. The summed E-state index contributed by atoms with van der Waals surface area (Å²) >= 11 is 7.32. The molecule has 0 radical (unpaired) electrons. The highest BCUT2D eigenvalue weighted by molar-refractivity contribution is 7.16. The predicted molar refractivity (Wildman–Crippen MR) is 91.8 cm³/mol. The Labute approximate surface area is 141 Å². The molecule has 0 aliphatic heterocycles. The van der Waals surface area contributed by atoms with Gasteiger partial charge in [-0.3, -0.25) is 9.59 Å². The second-order valence-electron chi connectivity index (χ2n) is 5.15. The van der Waals surface area contributed by atoms with E-state index in [0.717, 1.165) is 10.3 Å². The van der Waals surface area contributed by atoms with Crippen molar-refractivity contribution in [2.24, 2.45) is 0 Å². The summed E-state index contributed by atoms with van der Waals surface area (Å²) < 4.78 is 1.89. The number of amides is 1. The second kappa shape index (κ2) is 6.52. The van der Waals surface area contributed by atoms with Gasteiger partial charge in [0.15, 0.2) is 0 Å². The fourth-order valence-corrected chi connectivity index (χ4v) is 3.39. The molecule has 1 aromatic carbocycles. The maximum absolute atomic E-state index is 12.4. The van der Waals surface area contributed by atoms with E-state index < -0.39 is 0 Å². The first-order valence-corrected chi connectivity index (χ1v) is 8.17. The molecule has 0 bridgehead atoms. The number of likely N-dealkylation sites (N-methyl/N-ethyl adjacent to an activating group) is 1. The van der Waals surface area contributed by atoms with E-state index >= 15 is 0 Å². The van der Waals surface area contributed by atoms with Crippen LogP contribution in [0.4, 0.5) is 0 Å². The Hall–Kier alpha value is -2.18. The van der Waals surface area contributed by atoms with Crippen LogP contribution in [0.5, 0.6) is 0 Å². The summed E-state index contributed by atoms with van der Waals surface area (Å²) in [5, 5.41) is 5.40. The van der Waals surface area contributed by atoms with Crippen LogP contribution in [-0.4, -0.2) is 27.6 Å². The molecular formula is C16H14ClN3O2S. The molecule has 0 aliphatic carbocycles.